The van der Waals surface area contributed by atoms with Crippen LogP contribution in [0.4, 0.5) is 4.39 Å². The maximum absolute atomic E-state index is 14.2. The summed E-state index contributed by atoms with van der Waals surface area (Å²) in [6.07, 6.45) is 1.05. The van der Waals surface area contributed by atoms with Gasteiger partial charge in [0.1, 0.15) is 0 Å². The Kier molecular flexibility index (Phi) is 3.77. The van der Waals surface area contributed by atoms with Crippen molar-refractivity contribution in [2.24, 2.45) is 0 Å². The third kappa shape index (κ3) is 2.78. The Hall–Kier alpha value is -2.46. The van der Waals surface area contributed by atoms with Crippen LogP contribution in [0.15, 0.2) is 82.9 Å². The second-order valence-corrected chi connectivity index (χ2v) is 6.74. The molecule has 0 fully saturated rings. The van der Waals surface area contributed by atoms with E-state index in [1.807, 2.05) is 30.3 Å². The quantitative estimate of drug-likeness (QED) is 0.709. The molecule has 0 bridgehead atoms. The molecule has 0 saturated heterocycles. The summed E-state index contributed by atoms with van der Waals surface area (Å²) >= 11 is 0. The second kappa shape index (κ2) is 5.73. The Balaban J connectivity index is 2.03. The van der Waals surface area contributed by atoms with Crippen molar-refractivity contribution in [1.29, 1.82) is 0 Å². The van der Waals surface area contributed by atoms with Crippen LogP contribution in [0.2, 0.25) is 0 Å². The monoisotopic (exact) mass is 312 g/mol. The molecule has 0 aliphatic heterocycles. The van der Waals surface area contributed by atoms with Crippen LogP contribution in [-0.2, 0) is 9.84 Å². The second-order valence-electron chi connectivity index (χ2n) is 4.87. The van der Waals surface area contributed by atoms with Gasteiger partial charge in [-0.15, -0.1) is 0 Å². The van der Waals surface area contributed by atoms with Crippen molar-refractivity contribution in [1.82, 2.24) is 0 Å². The van der Waals surface area contributed by atoms with Gasteiger partial charge < -0.3 is 0 Å². The molecule has 4 heteroatoms. The number of fused-ring (bicyclic) bond motifs is 1. The highest BCUT2D eigenvalue weighted by atomic mass is 32.2. The molecule has 0 aliphatic rings. The summed E-state index contributed by atoms with van der Waals surface area (Å²) < 4.78 is 38.5. The summed E-state index contributed by atoms with van der Waals surface area (Å²) in [6, 6.07) is 20.5. The van der Waals surface area contributed by atoms with Crippen molar-refractivity contribution < 1.29 is 12.8 Å². The summed E-state index contributed by atoms with van der Waals surface area (Å²) in [7, 11) is -4.10. The fourth-order valence-electron chi connectivity index (χ4n) is 2.22. The number of benzene rings is 3. The number of hydrogen-bond donors (Lipinski definition) is 0. The van der Waals surface area contributed by atoms with E-state index in [-0.39, 0.29) is 4.90 Å². The highest BCUT2D eigenvalue weighted by molar-refractivity contribution is 7.95. The van der Waals surface area contributed by atoms with Gasteiger partial charge in [0.05, 0.1) is 4.90 Å². The molecule has 0 aromatic heterocycles. The summed E-state index contributed by atoms with van der Waals surface area (Å²) in [5, 5.41) is 0.793. The molecule has 0 amide bonds. The van der Waals surface area contributed by atoms with Crippen LogP contribution in [-0.4, -0.2) is 8.42 Å². The van der Waals surface area contributed by atoms with Gasteiger partial charge in [0.15, 0.2) is 0 Å². The molecule has 0 radical (unpaired) electrons. The molecule has 0 spiro atoms. The third-order valence-corrected chi connectivity index (χ3v) is 4.89. The number of rotatable bonds is 3. The lowest BCUT2D eigenvalue weighted by molar-refractivity contribution is 0.579. The number of halogens is 1. The first-order chi connectivity index (χ1) is 10.6. The van der Waals surface area contributed by atoms with Crippen LogP contribution >= 0.6 is 0 Å². The van der Waals surface area contributed by atoms with E-state index >= 15 is 0 Å². The van der Waals surface area contributed by atoms with Gasteiger partial charge >= 0.3 is 0 Å². The number of hydrogen-bond acceptors (Lipinski definition) is 2. The van der Waals surface area contributed by atoms with E-state index in [0.717, 1.165) is 16.8 Å². The largest absolute Gasteiger partial charge is 0.233 e. The summed E-state index contributed by atoms with van der Waals surface area (Å²) in [5.41, 5.74) is 0.510. The van der Waals surface area contributed by atoms with E-state index in [1.54, 1.807) is 30.3 Å². The Bertz CT molecular complexity index is 945. The molecule has 3 rings (SSSR count). The lowest BCUT2D eigenvalue weighted by atomic mass is 10.1. The van der Waals surface area contributed by atoms with Gasteiger partial charge in [-0.25, -0.2) is 8.42 Å². The van der Waals surface area contributed by atoms with E-state index in [4.69, 9.17) is 0 Å². The van der Waals surface area contributed by atoms with Crippen molar-refractivity contribution in [2.75, 3.05) is 0 Å². The Labute approximate surface area is 128 Å². The molecule has 0 saturated carbocycles. The Morgan fingerprint density at radius 1 is 0.818 bits per heavy atom. The standard InChI is InChI=1S/C18H13FO2S/c19-18(22(20,21)17-8-2-1-3-9-17)13-14-10-11-15-6-4-5-7-16(15)12-14/h1-13H/b18-13+. The van der Waals surface area contributed by atoms with Crippen LogP contribution in [0.25, 0.3) is 16.8 Å². The SMILES string of the molecule is O=S(=O)(/C(F)=C/c1ccc2ccccc2c1)c1ccccc1. The molecule has 110 valence electrons. The van der Waals surface area contributed by atoms with E-state index in [9.17, 15) is 12.8 Å². The predicted octanol–water partition coefficient (Wildman–Crippen LogP) is 4.58. The Morgan fingerprint density at radius 3 is 2.18 bits per heavy atom. The Morgan fingerprint density at radius 2 is 1.45 bits per heavy atom. The van der Waals surface area contributed by atoms with Gasteiger partial charge in [-0.1, -0.05) is 54.6 Å². The van der Waals surface area contributed by atoms with Gasteiger partial charge in [0, 0.05) is 0 Å². The van der Waals surface area contributed by atoms with Crippen molar-refractivity contribution in [3.8, 4) is 0 Å². The van der Waals surface area contributed by atoms with Crippen LogP contribution in [0.5, 0.6) is 0 Å². The molecular weight excluding hydrogens is 299 g/mol. The fraction of sp³-hybridized carbons (Fsp3) is 0. The van der Waals surface area contributed by atoms with Gasteiger partial charge in [-0.3, -0.25) is 0 Å². The molecule has 0 atom stereocenters. The minimum absolute atomic E-state index is 0.0514. The van der Waals surface area contributed by atoms with E-state index in [0.29, 0.717) is 5.56 Å². The van der Waals surface area contributed by atoms with Gasteiger partial charge in [0.2, 0.25) is 15.0 Å². The molecule has 3 aromatic carbocycles. The zero-order valence-electron chi connectivity index (χ0n) is 11.6. The minimum atomic E-state index is -4.10. The summed E-state index contributed by atoms with van der Waals surface area (Å²) in [6.45, 7) is 0. The molecule has 3 aromatic rings. The highest BCUT2D eigenvalue weighted by Gasteiger charge is 2.20. The highest BCUT2D eigenvalue weighted by Crippen LogP contribution is 2.24. The molecular formula is C18H13FO2S. The maximum Gasteiger partial charge on any atom is 0.233 e. The van der Waals surface area contributed by atoms with Crippen LogP contribution in [0.1, 0.15) is 5.56 Å². The van der Waals surface area contributed by atoms with Crippen LogP contribution in [0, 0.1) is 0 Å². The molecule has 2 nitrogen and oxygen atoms in total. The smallest absolute Gasteiger partial charge is 0.216 e. The average Bonchev–Trinajstić information content (AvgIpc) is 2.55. The zero-order valence-corrected chi connectivity index (χ0v) is 12.4. The molecule has 0 heterocycles. The molecule has 0 unspecified atom stereocenters. The van der Waals surface area contributed by atoms with Gasteiger partial charge in [-0.2, -0.15) is 4.39 Å². The first kappa shape index (κ1) is 14.5. The van der Waals surface area contributed by atoms with Crippen molar-refractivity contribution in [3.05, 3.63) is 83.5 Å². The summed E-state index contributed by atoms with van der Waals surface area (Å²) in [5.74, 6) is 0. The number of sulfone groups is 1. The lowest BCUT2D eigenvalue weighted by Gasteiger charge is -2.03. The molecule has 0 aliphatic carbocycles. The van der Waals surface area contributed by atoms with Gasteiger partial charge in [-0.05, 0) is 40.6 Å². The fourth-order valence-corrected chi connectivity index (χ4v) is 3.25. The van der Waals surface area contributed by atoms with E-state index < -0.39 is 15.0 Å². The van der Waals surface area contributed by atoms with Crippen molar-refractivity contribution in [2.45, 2.75) is 4.90 Å². The van der Waals surface area contributed by atoms with Crippen LogP contribution in [0.3, 0.4) is 0 Å². The lowest BCUT2D eigenvalue weighted by Crippen LogP contribution is -2.00. The molecule has 22 heavy (non-hydrogen) atoms. The van der Waals surface area contributed by atoms with Gasteiger partial charge in [0.25, 0.3) is 0 Å². The summed E-state index contributed by atoms with van der Waals surface area (Å²) in [4.78, 5) is -0.0514. The molecule has 0 N–H and O–H groups in total. The van der Waals surface area contributed by atoms with E-state index in [1.165, 1.54) is 12.1 Å². The normalized spacial score (nSPS) is 12.5. The van der Waals surface area contributed by atoms with Crippen LogP contribution < -0.4 is 0 Å². The maximum atomic E-state index is 14.2. The third-order valence-electron chi connectivity index (χ3n) is 3.36. The average molecular weight is 312 g/mol. The van der Waals surface area contributed by atoms with E-state index in [2.05, 4.69) is 0 Å². The minimum Gasteiger partial charge on any atom is -0.216 e. The zero-order chi connectivity index (χ0) is 15.6. The topological polar surface area (TPSA) is 34.1 Å². The first-order valence-electron chi connectivity index (χ1n) is 6.73. The van der Waals surface area contributed by atoms with Crippen molar-refractivity contribution in [3.63, 3.8) is 0 Å². The first-order valence-corrected chi connectivity index (χ1v) is 8.22. The predicted molar refractivity (Wildman–Crippen MR) is 86.7 cm³/mol. The van der Waals surface area contributed by atoms with Crippen molar-refractivity contribution >= 4 is 26.7 Å².